The van der Waals surface area contributed by atoms with Gasteiger partial charge in [0.15, 0.2) is 0 Å². The van der Waals surface area contributed by atoms with Crippen molar-refractivity contribution >= 4 is 21.6 Å². The molecule has 0 spiro atoms. The maximum atomic E-state index is 12.9. The van der Waals surface area contributed by atoms with E-state index in [9.17, 15) is 8.78 Å². The van der Waals surface area contributed by atoms with Gasteiger partial charge in [-0.1, -0.05) is 15.9 Å². The smallest absolute Gasteiger partial charge is 0.150 e. The maximum absolute atomic E-state index is 12.9. The Hall–Kier alpha value is -1.62. The molecule has 0 saturated heterocycles. The van der Waals surface area contributed by atoms with E-state index in [4.69, 9.17) is 10.5 Å². The van der Waals surface area contributed by atoms with Crippen molar-refractivity contribution in [3.05, 3.63) is 52.5 Å². The first-order chi connectivity index (χ1) is 8.04. The topological polar surface area (TPSA) is 35.2 Å². The zero-order valence-corrected chi connectivity index (χ0v) is 10.2. The second-order valence-electron chi connectivity index (χ2n) is 3.39. The fourth-order valence-corrected chi connectivity index (χ4v) is 1.71. The third kappa shape index (κ3) is 2.94. The van der Waals surface area contributed by atoms with Crippen LogP contribution in [0.4, 0.5) is 14.5 Å². The fourth-order valence-electron chi connectivity index (χ4n) is 1.33. The number of nitrogen functional groups attached to an aromatic ring is 1. The van der Waals surface area contributed by atoms with Crippen molar-refractivity contribution in [1.29, 1.82) is 0 Å². The van der Waals surface area contributed by atoms with Crippen LogP contribution in [0.3, 0.4) is 0 Å². The molecule has 0 aliphatic rings. The van der Waals surface area contributed by atoms with E-state index in [1.165, 1.54) is 0 Å². The van der Waals surface area contributed by atoms with Crippen LogP contribution in [0.25, 0.3) is 0 Å². The van der Waals surface area contributed by atoms with Crippen LogP contribution in [-0.4, -0.2) is 0 Å². The molecular weight excluding hydrogens is 292 g/mol. The van der Waals surface area contributed by atoms with Gasteiger partial charge in [-0.15, -0.1) is 0 Å². The molecule has 0 radical (unpaired) electrons. The fraction of sp³-hybridized carbons (Fsp3) is 0. The van der Waals surface area contributed by atoms with Gasteiger partial charge >= 0.3 is 0 Å². The van der Waals surface area contributed by atoms with Crippen molar-refractivity contribution in [2.45, 2.75) is 0 Å². The van der Waals surface area contributed by atoms with Crippen LogP contribution in [0.5, 0.6) is 11.5 Å². The molecule has 88 valence electrons. The highest BCUT2D eigenvalue weighted by Gasteiger charge is 2.05. The Morgan fingerprint density at radius 2 is 1.65 bits per heavy atom. The summed E-state index contributed by atoms with van der Waals surface area (Å²) < 4.78 is 32.0. The van der Waals surface area contributed by atoms with E-state index in [0.29, 0.717) is 11.4 Å². The Kier molecular flexibility index (Phi) is 3.28. The molecule has 0 bridgehead atoms. The first-order valence-electron chi connectivity index (χ1n) is 4.73. The molecule has 0 fully saturated rings. The number of halogens is 3. The molecule has 2 aromatic carbocycles. The van der Waals surface area contributed by atoms with Gasteiger partial charge in [0.2, 0.25) is 0 Å². The highest BCUT2D eigenvalue weighted by molar-refractivity contribution is 9.10. The Labute approximate surface area is 105 Å². The zero-order chi connectivity index (χ0) is 12.4. The molecule has 17 heavy (non-hydrogen) atoms. The van der Waals surface area contributed by atoms with Gasteiger partial charge in [-0.05, 0) is 18.2 Å². The number of nitrogens with two attached hydrogens (primary N) is 1. The lowest BCUT2D eigenvalue weighted by Gasteiger charge is -2.08. The molecule has 2 nitrogen and oxygen atoms in total. The molecule has 0 aliphatic heterocycles. The third-order valence-electron chi connectivity index (χ3n) is 2.04. The van der Waals surface area contributed by atoms with E-state index in [-0.39, 0.29) is 5.75 Å². The number of ether oxygens (including phenoxy) is 1. The molecule has 5 heteroatoms. The molecular formula is C12H8BrF2NO. The SMILES string of the molecule is Nc1cc(Br)ccc1Oc1cc(F)cc(F)c1. The number of rotatable bonds is 2. The Morgan fingerprint density at radius 1 is 1.00 bits per heavy atom. The molecule has 0 saturated carbocycles. The van der Waals surface area contributed by atoms with Crippen molar-refractivity contribution in [3.63, 3.8) is 0 Å². The zero-order valence-electron chi connectivity index (χ0n) is 8.58. The van der Waals surface area contributed by atoms with Crippen LogP contribution >= 0.6 is 15.9 Å². The quantitative estimate of drug-likeness (QED) is 0.847. The lowest BCUT2D eigenvalue weighted by Crippen LogP contribution is -1.93. The molecule has 0 atom stereocenters. The van der Waals surface area contributed by atoms with Crippen LogP contribution < -0.4 is 10.5 Å². The lowest BCUT2D eigenvalue weighted by atomic mass is 10.3. The standard InChI is InChI=1S/C12H8BrF2NO/c13-7-1-2-12(11(16)3-7)17-10-5-8(14)4-9(15)6-10/h1-6H,16H2. The lowest BCUT2D eigenvalue weighted by molar-refractivity contribution is 0.470. The van der Waals surface area contributed by atoms with E-state index in [2.05, 4.69) is 15.9 Å². The van der Waals surface area contributed by atoms with Crippen molar-refractivity contribution in [2.75, 3.05) is 5.73 Å². The third-order valence-corrected chi connectivity index (χ3v) is 2.53. The van der Waals surface area contributed by atoms with E-state index in [1.807, 2.05) is 0 Å². The molecule has 0 aliphatic carbocycles. The summed E-state index contributed by atoms with van der Waals surface area (Å²) in [7, 11) is 0. The van der Waals surface area contributed by atoms with Crippen LogP contribution in [-0.2, 0) is 0 Å². The molecule has 0 heterocycles. The minimum absolute atomic E-state index is 0.0662. The molecule has 0 aromatic heterocycles. The second kappa shape index (κ2) is 4.71. The molecule has 0 unspecified atom stereocenters. The van der Waals surface area contributed by atoms with Gasteiger partial charge in [0, 0.05) is 22.7 Å². The van der Waals surface area contributed by atoms with Crippen molar-refractivity contribution in [3.8, 4) is 11.5 Å². The Balaban J connectivity index is 2.31. The highest BCUT2D eigenvalue weighted by Crippen LogP contribution is 2.30. The summed E-state index contributed by atoms with van der Waals surface area (Å²) in [6, 6.07) is 7.93. The summed E-state index contributed by atoms with van der Waals surface area (Å²) in [4.78, 5) is 0. The number of benzene rings is 2. The summed E-state index contributed by atoms with van der Waals surface area (Å²) in [5.41, 5.74) is 6.08. The first-order valence-corrected chi connectivity index (χ1v) is 5.53. The van der Waals surface area contributed by atoms with Crippen LogP contribution in [0.15, 0.2) is 40.9 Å². The summed E-state index contributed by atoms with van der Waals surface area (Å²) in [6.45, 7) is 0. The average molecular weight is 300 g/mol. The summed E-state index contributed by atoms with van der Waals surface area (Å²) in [5, 5.41) is 0. The highest BCUT2D eigenvalue weighted by atomic mass is 79.9. The van der Waals surface area contributed by atoms with Gasteiger partial charge in [0.1, 0.15) is 23.1 Å². The molecule has 2 aromatic rings. The van der Waals surface area contributed by atoms with E-state index >= 15 is 0 Å². The number of hydrogen-bond donors (Lipinski definition) is 1. The summed E-state index contributed by atoms with van der Waals surface area (Å²) in [6.07, 6.45) is 0. The normalized spacial score (nSPS) is 10.3. The van der Waals surface area contributed by atoms with Gasteiger partial charge in [-0.25, -0.2) is 8.78 Å². The summed E-state index contributed by atoms with van der Waals surface area (Å²) in [5.74, 6) is -0.985. The monoisotopic (exact) mass is 299 g/mol. The predicted molar refractivity (Wildman–Crippen MR) is 65.0 cm³/mol. The van der Waals surface area contributed by atoms with Gasteiger partial charge < -0.3 is 10.5 Å². The predicted octanol–water partition coefficient (Wildman–Crippen LogP) is 4.10. The maximum Gasteiger partial charge on any atom is 0.150 e. The van der Waals surface area contributed by atoms with Crippen LogP contribution in [0.2, 0.25) is 0 Å². The minimum atomic E-state index is -0.698. The van der Waals surface area contributed by atoms with E-state index in [1.54, 1.807) is 18.2 Å². The van der Waals surface area contributed by atoms with Crippen molar-refractivity contribution < 1.29 is 13.5 Å². The molecule has 0 amide bonds. The summed E-state index contributed by atoms with van der Waals surface area (Å²) >= 11 is 3.25. The largest absolute Gasteiger partial charge is 0.455 e. The number of hydrogen-bond acceptors (Lipinski definition) is 2. The van der Waals surface area contributed by atoms with Gasteiger partial charge in [-0.2, -0.15) is 0 Å². The minimum Gasteiger partial charge on any atom is -0.455 e. The first kappa shape index (κ1) is 11.9. The Bertz CT molecular complexity index is 540. The average Bonchev–Trinajstić information content (AvgIpc) is 2.21. The van der Waals surface area contributed by atoms with Gasteiger partial charge in [0.25, 0.3) is 0 Å². The van der Waals surface area contributed by atoms with Crippen molar-refractivity contribution in [2.24, 2.45) is 0 Å². The van der Waals surface area contributed by atoms with Gasteiger partial charge in [-0.3, -0.25) is 0 Å². The molecule has 2 N–H and O–H groups in total. The van der Waals surface area contributed by atoms with Gasteiger partial charge in [0.05, 0.1) is 5.69 Å². The van der Waals surface area contributed by atoms with Crippen molar-refractivity contribution in [1.82, 2.24) is 0 Å². The second-order valence-corrected chi connectivity index (χ2v) is 4.31. The number of anilines is 1. The van der Waals surface area contributed by atoms with Crippen LogP contribution in [0.1, 0.15) is 0 Å². The molecule has 2 rings (SSSR count). The van der Waals surface area contributed by atoms with E-state index in [0.717, 1.165) is 22.7 Å². The Morgan fingerprint density at radius 3 is 2.24 bits per heavy atom. The van der Waals surface area contributed by atoms with Crippen LogP contribution in [0, 0.1) is 11.6 Å². The van der Waals surface area contributed by atoms with E-state index < -0.39 is 11.6 Å².